The minimum Gasteiger partial charge on any atom is -0.383 e. The largest absolute Gasteiger partial charge is 0.383 e. The summed E-state index contributed by atoms with van der Waals surface area (Å²) < 4.78 is 7.12. The molecule has 0 aliphatic carbocycles. The van der Waals surface area contributed by atoms with Crippen molar-refractivity contribution < 1.29 is 4.74 Å². The molecule has 21 heavy (non-hydrogen) atoms. The lowest BCUT2D eigenvalue weighted by Gasteiger charge is -2.10. The second-order valence-corrected chi connectivity index (χ2v) is 4.88. The van der Waals surface area contributed by atoms with Crippen LogP contribution in [-0.2, 0) is 4.74 Å². The summed E-state index contributed by atoms with van der Waals surface area (Å²) in [5.74, 6) is 0.827. The quantitative estimate of drug-likeness (QED) is 0.731. The monoisotopic (exact) mass is 282 g/mol. The maximum Gasteiger partial charge on any atom is 0.207 e. The fraction of sp³-hybridized carbons (Fsp3) is 0.250. The first-order chi connectivity index (χ1) is 10.3. The minimum atomic E-state index is 0.646. The zero-order valence-corrected chi connectivity index (χ0v) is 12.2. The van der Waals surface area contributed by atoms with Gasteiger partial charge in [0, 0.05) is 37.1 Å². The van der Waals surface area contributed by atoms with Gasteiger partial charge < -0.3 is 10.1 Å². The third-order valence-electron chi connectivity index (χ3n) is 3.28. The number of hydrogen-bond acceptors (Lipinski definition) is 4. The van der Waals surface area contributed by atoms with Gasteiger partial charge in [-0.05, 0) is 31.2 Å². The number of ether oxygens (including phenoxy) is 1. The Balaban J connectivity index is 1.97. The molecule has 5 nitrogen and oxygen atoms in total. The molecule has 0 amide bonds. The van der Waals surface area contributed by atoms with Gasteiger partial charge in [-0.25, -0.2) is 4.98 Å². The van der Waals surface area contributed by atoms with E-state index in [1.807, 2.05) is 25.3 Å². The Labute approximate surface area is 123 Å². The van der Waals surface area contributed by atoms with E-state index in [-0.39, 0.29) is 0 Å². The summed E-state index contributed by atoms with van der Waals surface area (Å²) >= 11 is 0. The highest BCUT2D eigenvalue weighted by Crippen LogP contribution is 2.20. The summed E-state index contributed by atoms with van der Waals surface area (Å²) in [6, 6.07) is 10.2. The van der Waals surface area contributed by atoms with Crippen LogP contribution in [0.4, 0.5) is 5.95 Å². The van der Waals surface area contributed by atoms with Gasteiger partial charge in [0.2, 0.25) is 5.95 Å². The molecule has 0 saturated heterocycles. The van der Waals surface area contributed by atoms with Gasteiger partial charge in [0.1, 0.15) is 0 Å². The summed E-state index contributed by atoms with van der Waals surface area (Å²) in [4.78, 5) is 8.87. The van der Waals surface area contributed by atoms with E-state index in [9.17, 15) is 0 Å². The van der Waals surface area contributed by atoms with Crippen LogP contribution in [-0.4, -0.2) is 34.8 Å². The number of benzene rings is 1. The number of imidazole rings is 1. The van der Waals surface area contributed by atoms with Crippen molar-refractivity contribution in [2.75, 3.05) is 25.6 Å². The Bertz CT molecular complexity index is 751. The fourth-order valence-corrected chi connectivity index (χ4v) is 2.30. The number of methoxy groups -OCH3 is 1. The number of nitrogens with zero attached hydrogens (tertiary/aromatic N) is 3. The highest BCUT2D eigenvalue weighted by Gasteiger charge is 2.07. The van der Waals surface area contributed by atoms with Gasteiger partial charge in [0.15, 0.2) is 0 Å². The van der Waals surface area contributed by atoms with Crippen LogP contribution in [0.25, 0.3) is 16.6 Å². The van der Waals surface area contributed by atoms with Crippen molar-refractivity contribution >= 4 is 16.9 Å². The first-order valence-electron chi connectivity index (χ1n) is 6.92. The zero-order chi connectivity index (χ0) is 14.7. The standard InChI is InChI=1S/C16H18N4O/c1-12-11-20(16(19-12)18-8-9-21-2)14-5-6-15-13(10-14)4-3-7-17-15/h3-7,10-11H,8-9H2,1-2H3,(H,18,19). The Kier molecular flexibility index (Phi) is 3.83. The summed E-state index contributed by atoms with van der Waals surface area (Å²) in [6.45, 7) is 3.36. The molecule has 3 rings (SSSR count). The van der Waals surface area contributed by atoms with Crippen molar-refractivity contribution in [1.29, 1.82) is 0 Å². The Hall–Kier alpha value is -2.40. The SMILES string of the molecule is COCCNc1nc(C)cn1-c1ccc2ncccc2c1. The molecular formula is C16H18N4O. The normalized spacial score (nSPS) is 11.0. The van der Waals surface area contributed by atoms with Crippen LogP contribution in [0.1, 0.15) is 5.69 Å². The average Bonchev–Trinajstić information content (AvgIpc) is 2.88. The fourth-order valence-electron chi connectivity index (χ4n) is 2.30. The molecule has 0 atom stereocenters. The molecule has 1 aromatic carbocycles. The van der Waals surface area contributed by atoms with E-state index in [1.165, 1.54) is 0 Å². The van der Waals surface area contributed by atoms with Crippen molar-refractivity contribution in [1.82, 2.24) is 14.5 Å². The van der Waals surface area contributed by atoms with Gasteiger partial charge in [0.25, 0.3) is 0 Å². The molecule has 0 radical (unpaired) electrons. The van der Waals surface area contributed by atoms with Gasteiger partial charge in [0.05, 0.1) is 17.8 Å². The minimum absolute atomic E-state index is 0.646. The van der Waals surface area contributed by atoms with E-state index in [0.29, 0.717) is 6.61 Å². The third-order valence-corrected chi connectivity index (χ3v) is 3.28. The van der Waals surface area contributed by atoms with Crippen LogP contribution in [0.3, 0.4) is 0 Å². The number of aromatic nitrogens is 3. The maximum absolute atomic E-state index is 5.07. The van der Waals surface area contributed by atoms with Crippen molar-refractivity contribution in [2.24, 2.45) is 0 Å². The first kappa shape index (κ1) is 13.6. The molecule has 2 heterocycles. The molecule has 3 aromatic rings. The number of nitrogens with one attached hydrogen (secondary N) is 1. The highest BCUT2D eigenvalue weighted by atomic mass is 16.5. The predicted octanol–water partition coefficient (Wildman–Crippen LogP) is 2.79. The molecule has 0 bridgehead atoms. The van der Waals surface area contributed by atoms with Crippen LogP contribution in [0.15, 0.2) is 42.7 Å². The van der Waals surface area contributed by atoms with Gasteiger partial charge in [-0.2, -0.15) is 0 Å². The van der Waals surface area contributed by atoms with E-state index in [1.54, 1.807) is 13.3 Å². The molecule has 0 fully saturated rings. The van der Waals surface area contributed by atoms with E-state index in [2.05, 4.69) is 38.1 Å². The first-order valence-corrected chi connectivity index (χ1v) is 6.92. The molecule has 0 aliphatic heterocycles. The summed E-state index contributed by atoms with van der Waals surface area (Å²) in [6.07, 6.45) is 3.83. The predicted molar refractivity (Wildman–Crippen MR) is 84.0 cm³/mol. The highest BCUT2D eigenvalue weighted by molar-refractivity contribution is 5.80. The van der Waals surface area contributed by atoms with E-state index in [4.69, 9.17) is 4.74 Å². The molecule has 0 unspecified atom stereocenters. The topological polar surface area (TPSA) is 52.0 Å². The van der Waals surface area contributed by atoms with Crippen LogP contribution in [0.5, 0.6) is 0 Å². The van der Waals surface area contributed by atoms with E-state index < -0.39 is 0 Å². The van der Waals surface area contributed by atoms with Gasteiger partial charge >= 0.3 is 0 Å². The number of aryl methyl sites for hydroxylation is 1. The molecule has 0 saturated carbocycles. The van der Waals surface area contributed by atoms with Crippen molar-refractivity contribution in [3.8, 4) is 5.69 Å². The Morgan fingerprint density at radius 3 is 3.05 bits per heavy atom. The second-order valence-electron chi connectivity index (χ2n) is 4.88. The third kappa shape index (κ3) is 2.87. The molecule has 2 aromatic heterocycles. The molecule has 0 spiro atoms. The molecular weight excluding hydrogens is 264 g/mol. The van der Waals surface area contributed by atoms with Crippen LogP contribution >= 0.6 is 0 Å². The lowest BCUT2D eigenvalue weighted by atomic mass is 10.2. The number of fused-ring (bicyclic) bond motifs is 1. The number of hydrogen-bond donors (Lipinski definition) is 1. The number of pyridine rings is 1. The second kappa shape index (κ2) is 5.93. The smallest absolute Gasteiger partial charge is 0.207 e. The zero-order valence-electron chi connectivity index (χ0n) is 12.2. The molecule has 5 heteroatoms. The Morgan fingerprint density at radius 1 is 1.29 bits per heavy atom. The van der Waals surface area contributed by atoms with Gasteiger partial charge in [-0.15, -0.1) is 0 Å². The lowest BCUT2D eigenvalue weighted by Crippen LogP contribution is -2.11. The lowest BCUT2D eigenvalue weighted by molar-refractivity contribution is 0.210. The van der Waals surface area contributed by atoms with Crippen LogP contribution in [0.2, 0.25) is 0 Å². The summed E-state index contributed by atoms with van der Waals surface area (Å²) in [5, 5.41) is 4.41. The van der Waals surface area contributed by atoms with Gasteiger partial charge in [-0.3, -0.25) is 9.55 Å². The van der Waals surface area contributed by atoms with Crippen LogP contribution in [0, 0.1) is 6.92 Å². The number of anilines is 1. The van der Waals surface area contributed by atoms with Crippen molar-refractivity contribution in [3.63, 3.8) is 0 Å². The van der Waals surface area contributed by atoms with Crippen molar-refractivity contribution in [3.05, 3.63) is 48.4 Å². The van der Waals surface area contributed by atoms with Crippen molar-refractivity contribution in [2.45, 2.75) is 6.92 Å². The summed E-state index contributed by atoms with van der Waals surface area (Å²) in [7, 11) is 1.69. The number of rotatable bonds is 5. The Morgan fingerprint density at radius 2 is 2.19 bits per heavy atom. The van der Waals surface area contributed by atoms with Gasteiger partial charge in [-0.1, -0.05) is 6.07 Å². The maximum atomic E-state index is 5.07. The van der Waals surface area contributed by atoms with E-state index >= 15 is 0 Å². The van der Waals surface area contributed by atoms with Crippen LogP contribution < -0.4 is 5.32 Å². The molecule has 1 N–H and O–H groups in total. The molecule has 108 valence electrons. The summed E-state index contributed by atoms with van der Waals surface area (Å²) in [5.41, 5.74) is 3.03. The van der Waals surface area contributed by atoms with E-state index in [0.717, 1.165) is 34.8 Å². The molecule has 0 aliphatic rings. The average molecular weight is 282 g/mol.